The quantitative estimate of drug-likeness (QED) is 0.769. The molecule has 1 heterocycles. The first-order valence-corrected chi connectivity index (χ1v) is 7.03. The Labute approximate surface area is 134 Å². The van der Waals surface area contributed by atoms with Gasteiger partial charge in [-0.15, -0.1) is 5.06 Å². The average molecular weight is 355 g/mol. The molecule has 0 amide bonds. The molecule has 9 heteroatoms. The van der Waals surface area contributed by atoms with Gasteiger partial charge in [0.05, 0.1) is 5.41 Å². The van der Waals surface area contributed by atoms with Crippen molar-refractivity contribution in [2.45, 2.75) is 37.5 Å². The minimum absolute atomic E-state index is 0.0594. The molecule has 0 radical (unpaired) electrons. The summed E-state index contributed by atoms with van der Waals surface area (Å²) in [5.41, 5.74) is -1.23. The maximum Gasteiger partial charge on any atom is 0.492 e. The minimum atomic E-state index is -5.06. The van der Waals surface area contributed by atoms with Gasteiger partial charge in [-0.3, -0.25) is 0 Å². The van der Waals surface area contributed by atoms with Crippen molar-refractivity contribution in [3.8, 4) is 0 Å². The molecule has 0 spiro atoms. The third-order valence-corrected chi connectivity index (χ3v) is 4.10. The first-order chi connectivity index (χ1) is 10.8. The lowest BCUT2D eigenvalue weighted by Crippen LogP contribution is -2.47. The Morgan fingerprint density at radius 1 is 1.04 bits per heavy atom. The van der Waals surface area contributed by atoms with Crippen LogP contribution in [0.1, 0.15) is 30.9 Å². The number of hydrogen-bond acceptors (Lipinski definition) is 3. The standard InChI is InChI=1S/C15H15F6NO2/c1-13(2,15(19,20)21)11-5-3-9(4-6-11)10-7-22(8-10)24-12(23)14(16,17)18/h3-6,10H,7-8H2,1-2H3. The van der Waals surface area contributed by atoms with E-state index in [1.807, 2.05) is 0 Å². The summed E-state index contributed by atoms with van der Waals surface area (Å²) in [5.74, 6) is -2.49. The Bertz CT molecular complexity index is 600. The zero-order valence-electron chi connectivity index (χ0n) is 12.8. The van der Waals surface area contributed by atoms with Gasteiger partial charge in [0.2, 0.25) is 0 Å². The average Bonchev–Trinajstić information content (AvgIpc) is 2.40. The minimum Gasteiger partial charge on any atom is -0.361 e. The lowest BCUT2D eigenvalue weighted by atomic mass is 9.82. The topological polar surface area (TPSA) is 29.5 Å². The van der Waals surface area contributed by atoms with Crippen LogP contribution in [0.2, 0.25) is 0 Å². The maximum absolute atomic E-state index is 13.0. The highest BCUT2D eigenvalue weighted by atomic mass is 19.4. The van der Waals surface area contributed by atoms with E-state index >= 15 is 0 Å². The third kappa shape index (κ3) is 3.66. The molecule has 0 aromatic heterocycles. The monoisotopic (exact) mass is 355 g/mol. The van der Waals surface area contributed by atoms with Crippen LogP contribution in [0.5, 0.6) is 0 Å². The van der Waals surface area contributed by atoms with Crippen molar-refractivity contribution in [2.24, 2.45) is 0 Å². The fourth-order valence-electron chi connectivity index (χ4n) is 2.23. The Hall–Kier alpha value is -1.77. The predicted octanol–water partition coefficient (Wildman–Crippen LogP) is 3.95. The van der Waals surface area contributed by atoms with Gasteiger partial charge >= 0.3 is 18.3 Å². The van der Waals surface area contributed by atoms with E-state index in [0.717, 1.165) is 18.9 Å². The summed E-state index contributed by atoms with van der Waals surface area (Å²) in [4.78, 5) is 14.8. The molecule has 1 aromatic carbocycles. The Kier molecular flexibility index (Phi) is 4.60. The van der Waals surface area contributed by atoms with E-state index in [4.69, 9.17) is 0 Å². The van der Waals surface area contributed by atoms with Crippen molar-refractivity contribution in [1.82, 2.24) is 5.06 Å². The van der Waals surface area contributed by atoms with Gasteiger partial charge in [-0.2, -0.15) is 26.3 Å². The van der Waals surface area contributed by atoms with Gasteiger partial charge in [0.15, 0.2) is 0 Å². The van der Waals surface area contributed by atoms with Crippen LogP contribution in [0.4, 0.5) is 26.3 Å². The lowest BCUT2D eigenvalue weighted by Gasteiger charge is -2.37. The second-order valence-electron chi connectivity index (χ2n) is 6.17. The van der Waals surface area contributed by atoms with E-state index in [2.05, 4.69) is 4.84 Å². The van der Waals surface area contributed by atoms with Crippen molar-refractivity contribution in [2.75, 3.05) is 13.1 Å². The first-order valence-electron chi connectivity index (χ1n) is 7.03. The summed E-state index contributed by atoms with van der Waals surface area (Å²) in [6, 6.07) is 5.73. The molecule has 1 saturated heterocycles. The van der Waals surface area contributed by atoms with Crippen LogP contribution in [0.15, 0.2) is 24.3 Å². The molecular weight excluding hydrogens is 340 g/mol. The number of alkyl halides is 6. The van der Waals surface area contributed by atoms with Gasteiger partial charge < -0.3 is 4.84 Å². The van der Waals surface area contributed by atoms with Crippen molar-refractivity contribution >= 4 is 5.97 Å². The Morgan fingerprint density at radius 2 is 1.54 bits per heavy atom. The molecular formula is C15H15F6NO2. The molecule has 1 fully saturated rings. The number of nitrogens with zero attached hydrogens (tertiary/aromatic N) is 1. The molecule has 1 aliphatic rings. The zero-order chi connectivity index (χ0) is 18.3. The Balaban J connectivity index is 1.96. The predicted molar refractivity (Wildman–Crippen MR) is 72.0 cm³/mol. The highest BCUT2D eigenvalue weighted by Gasteiger charge is 2.48. The van der Waals surface area contributed by atoms with Crippen molar-refractivity contribution in [1.29, 1.82) is 0 Å². The van der Waals surface area contributed by atoms with Gasteiger partial charge in [0.25, 0.3) is 0 Å². The van der Waals surface area contributed by atoms with Crippen LogP contribution in [-0.2, 0) is 15.0 Å². The third-order valence-electron chi connectivity index (χ3n) is 4.10. The van der Waals surface area contributed by atoms with Crippen LogP contribution in [0, 0.1) is 0 Å². The molecule has 0 aliphatic carbocycles. The summed E-state index contributed by atoms with van der Waals surface area (Å²) in [6.45, 7) is 2.26. The lowest BCUT2D eigenvalue weighted by molar-refractivity contribution is -0.253. The van der Waals surface area contributed by atoms with Crippen molar-refractivity contribution in [3.63, 3.8) is 0 Å². The smallest absolute Gasteiger partial charge is 0.361 e. The summed E-state index contributed by atoms with van der Waals surface area (Å²) in [7, 11) is 0. The molecule has 0 atom stereocenters. The van der Waals surface area contributed by atoms with E-state index in [0.29, 0.717) is 5.56 Å². The molecule has 2 rings (SSSR count). The number of hydrogen-bond donors (Lipinski definition) is 0. The van der Waals surface area contributed by atoms with Gasteiger partial charge in [-0.25, -0.2) is 4.79 Å². The normalized spacial score (nSPS) is 17.5. The van der Waals surface area contributed by atoms with E-state index in [1.54, 1.807) is 0 Å². The molecule has 1 aromatic rings. The number of rotatable bonds is 3. The molecule has 24 heavy (non-hydrogen) atoms. The van der Waals surface area contributed by atoms with Crippen LogP contribution >= 0.6 is 0 Å². The Morgan fingerprint density at radius 3 is 1.96 bits per heavy atom. The second-order valence-corrected chi connectivity index (χ2v) is 6.17. The highest BCUT2D eigenvalue weighted by Crippen LogP contribution is 2.41. The summed E-state index contributed by atoms with van der Waals surface area (Å²) in [6.07, 6.45) is -9.45. The van der Waals surface area contributed by atoms with E-state index in [1.165, 1.54) is 24.3 Å². The summed E-state index contributed by atoms with van der Waals surface area (Å²) >= 11 is 0. The van der Waals surface area contributed by atoms with E-state index in [-0.39, 0.29) is 24.6 Å². The van der Waals surface area contributed by atoms with E-state index < -0.39 is 23.7 Å². The van der Waals surface area contributed by atoms with Crippen LogP contribution in [0.25, 0.3) is 0 Å². The zero-order valence-corrected chi connectivity index (χ0v) is 12.8. The number of carbonyl (C=O) groups is 1. The molecule has 0 bridgehead atoms. The van der Waals surface area contributed by atoms with Crippen LogP contribution in [-0.4, -0.2) is 36.5 Å². The fraction of sp³-hybridized carbons (Fsp3) is 0.533. The number of halogens is 6. The van der Waals surface area contributed by atoms with Gasteiger partial charge in [-0.05, 0) is 25.0 Å². The van der Waals surface area contributed by atoms with Crippen molar-refractivity contribution < 1.29 is 36.0 Å². The molecule has 0 unspecified atom stereocenters. The molecule has 134 valence electrons. The van der Waals surface area contributed by atoms with E-state index in [9.17, 15) is 31.1 Å². The molecule has 3 nitrogen and oxygen atoms in total. The van der Waals surface area contributed by atoms with Crippen LogP contribution < -0.4 is 0 Å². The first kappa shape index (κ1) is 18.6. The van der Waals surface area contributed by atoms with Crippen molar-refractivity contribution in [3.05, 3.63) is 35.4 Å². The largest absolute Gasteiger partial charge is 0.492 e. The van der Waals surface area contributed by atoms with Gasteiger partial charge in [0, 0.05) is 19.0 Å². The van der Waals surface area contributed by atoms with Crippen LogP contribution in [0.3, 0.4) is 0 Å². The summed E-state index contributed by atoms with van der Waals surface area (Å²) < 4.78 is 75.1. The molecule has 1 aliphatic heterocycles. The second kappa shape index (κ2) is 5.94. The van der Waals surface area contributed by atoms with Gasteiger partial charge in [-0.1, -0.05) is 24.3 Å². The van der Waals surface area contributed by atoms with Gasteiger partial charge in [0.1, 0.15) is 0 Å². The fourth-order valence-corrected chi connectivity index (χ4v) is 2.23. The number of carbonyl (C=O) groups excluding carboxylic acids is 1. The molecule has 0 saturated carbocycles. The SMILES string of the molecule is CC(C)(c1ccc(C2CN(OC(=O)C(F)(F)F)C2)cc1)C(F)(F)F. The number of benzene rings is 1. The summed E-state index contributed by atoms with van der Waals surface area (Å²) in [5, 5.41) is 0.869. The highest BCUT2D eigenvalue weighted by molar-refractivity contribution is 5.75. The number of hydroxylamine groups is 2. The maximum atomic E-state index is 13.0. The molecule has 0 N–H and O–H groups in total.